The molecule has 1 fully saturated rings. The van der Waals surface area contributed by atoms with Gasteiger partial charge >= 0.3 is 16.6 Å². The first-order chi connectivity index (χ1) is 10.7. The van der Waals surface area contributed by atoms with Gasteiger partial charge in [-0.15, -0.1) is 0 Å². The predicted molar refractivity (Wildman–Crippen MR) is 82.2 cm³/mol. The summed E-state index contributed by atoms with van der Waals surface area (Å²) in [6.07, 6.45) is 5.21. The molecule has 0 aromatic heterocycles. The third kappa shape index (κ3) is 1.32. The number of likely N-dealkylation sites (tertiary alicyclic amines) is 1. The molecule has 1 aromatic carbocycles. The SMILES string of the molecule is CN1CC[C@]23c4c5ccc([S+]=O)c4O[C@H]2[C@@H](O)C=C[C@H]3[C@H]1C5. The first kappa shape index (κ1) is 13.2. The van der Waals surface area contributed by atoms with Gasteiger partial charge in [-0.2, -0.15) is 0 Å². The van der Waals surface area contributed by atoms with Crippen LogP contribution < -0.4 is 4.74 Å². The van der Waals surface area contributed by atoms with Crippen LogP contribution in [-0.2, 0) is 27.7 Å². The molecule has 1 aromatic rings. The second-order valence-electron chi connectivity index (χ2n) is 6.99. The third-order valence-electron chi connectivity index (χ3n) is 6.22. The van der Waals surface area contributed by atoms with Gasteiger partial charge in [0.2, 0.25) is 0 Å². The van der Waals surface area contributed by atoms with E-state index >= 15 is 0 Å². The Morgan fingerprint density at radius 3 is 3.09 bits per heavy atom. The minimum atomic E-state index is -0.594. The molecule has 0 saturated carbocycles. The summed E-state index contributed by atoms with van der Waals surface area (Å²) in [5.74, 6) is 1.11. The van der Waals surface area contributed by atoms with Crippen molar-refractivity contribution in [2.45, 2.75) is 41.4 Å². The average Bonchev–Trinajstić information content (AvgIpc) is 2.88. The fraction of sp³-hybridized carbons (Fsp3) is 0.529. The summed E-state index contributed by atoms with van der Waals surface area (Å²) < 4.78 is 17.7. The summed E-state index contributed by atoms with van der Waals surface area (Å²) in [6.45, 7) is 1.01. The number of likely N-dealkylation sites (N-methyl/N-ethyl adjacent to an activating group) is 1. The van der Waals surface area contributed by atoms with Crippen molar-refractivity contribution in [3.8, 4) is 5.75 Å². The van der Waals surface area contributed by atoms with Gasteiger partial charge in [0.25, 0.3) is 0 Å². The normalized spacial score (nSPS) is 41.0. The molecule has 0 amide bonds. The van der Waals surface area contributed by atoms with Crippen molar-refractivity contribution in [1.29, 1.82) is 0 Å². The standard InChI is InChI=1S/C17H18NO3S/c1-18-7-6-17-10-3-4-12(19)16(17)21-15-13(22-20)5-2-9(14(15)17)8-11(10)18/h2-5,10-12,16,19H,6-8H2,1H3/q+1/t10-,11+,12-,16-,17-/m0/s1. The van der Waals surface area contributed by atoms with Gasteiger partial charge in [-0.25, -0.2) is 0 Å². The van der Waals surface area contributed by atoms with Crippen molar-refractivity contribution in [2.75, 3.05) is 13.6 Å². The zero-order chi connectivity index (χ0) is 15.1. The fourth-order valence-corrected chi connectivity index (χ4v) is 5.64. The number of ether oxygens (including phenoxy) is 1. The smallest absolute Gasteiger partial charge is 0.480 e. The maximum Gasteiger partial charge on any atom is 0.509 e. The van der Waals surface area contributed by atoms with Crippen LogP contribution in [0.4, 0.5) is 0 Å². The fourth-order valence-electron chi connectivity index (χ4n) is 5.29. The number of rotatable bonds is 1. The van der Waals surface area contributed by atoms with E-state index in [1.54, 1.807) is 0 Å². The lowest BCUT2D eigenvalue weighted by Crippen LogP contribution is -2.64. The van der Waals surface area contributed by atoms with Crippen LogP contribution in [0.3, 0.4) is 0 Å². The summed E-state index contributed by atoms with van der Waals surface area (Å²) in [6, 6.07) is 4.43. The summed E-state index contributed by atoms with van der Waals surface area (Å²) in [7, 11) is 2.19. The molecule has 2 bridgehead atoms. The topological polar surface area (TPSA) is 49.8 Å². The summed E-state index contributed by atoms with van der Waals surface area (Å²) >= 11 is 0.496. The number of aliphatic hydroxyl groups is 1. The number of benzene rings is 1. The number of aliphatic hydroxyl groups excluding tert-OH is 1. The molecular formula is C17H18NO3S+. The van der Waals surface area contributed by atoms with Gasteiger partial charge in [-0.1, -0.05) is 18.2 Å². The van der Waals surface area contributed by atoms with Crippen molar-refractivity contribution in [3.63, 3.8) is 0 Å². The van der Waals surface area contributed by atoms with Crippen molar-refractivity contribution in [3.05, 3.63) is 35.4 Å². The molecule has 1 saturated heterocycles. The van der Waals surface area contributed by atoms with Crippen molar-refractivity contribution < 1.29 is 14.1 Å². The van der Waals surface area contributed by atoms with E-state index in [4.69, 9.17) is 4.74 Å². The Hall–Kier alpha value is -1.30. The Bertz CT molecular complexity index is 718. The molecule has 22 heavy (non-hydrogen) atoms. The Kier molecular flexibility index (Phi) is 2.49. The van der Waals surface area contributed by atoms with E-state index in [9.17, 15) is 9.32 Å². The first-order valence-electron chi connectivity index (χ1n) is 7.86. The maximum absolute atomic E-state index is 11.5. The van der Waals surface area contributed by atoms with E-state index in [0.29, 0.717) is 28.5 Å². The van der Waals surface area contributed by atoms with E-state index < -0.39 is 6.10 Å². The third-order valence-corrected chi connectivity index (χ3v) is 6.73. The zero-order valence-electron chi connectivity index (χ0n) is 12.4. The zero-order valence-corrected chi connectivity index (χ0v) is 13.2. The van der Waals surface area contributed by atoms with Crippen LogP contribution in [0.2, 0.25) is 0 Å². The molecule has 5 heteroatoms. The van der Waals surface area contributed by atoms with Gasteiger partial charge in [-0.05, 0) is 32.0 Å². The number of nitrogens with zero attached hydrogens (tertiary/aromatic N) is 1. The number of hydrogen-bond donors (Lipinski definition) is 1. The van der Waals surface area contributed by atoms with Crippen LogP contribution in [0.15, 0.2) is 29.2 Å². The Morgan fingerprint density at radius 2 is 2.27 bits per heavy atom. The van der Waals surface area contributed by atoms with Crippen molar-refractivity contribution >= 4 is 11.7 Å². The van der Waals surface area contributed by atoms with Crippen molar-refractivity contribution in [2.24, 2.45) is 5.92 Å². The Morgan fingerprint density at radius 1 is 1.41 bits per heavy atom. The minimum Gasteiger partial charge on any atom is -0.480 e. The lowest BCUT2D eigenvalue weighted by Gasteiger charge is -2.56. The molecule has 114 valence electrons. The summed E-state index contributed by atoms with van der Waals surface area (Å²) in [4.78, 5) is 3.09. The van der Waals surface area contributed by atoms with Gasteiger partial charge in [0, 0.05) is 33.2 Å². The molecule has 4 aliphatic rings. The van der Waals surface area contributed by atoms with E-state index in [-0.39, 0.29) is 11.5 Å². The number of piperidine rings is 1. The molecule has 1 N–H and O–H groups in total. The van der Waals surface area contributed by atoms with Gasteiger partial charge in [-0.3, -0.25) is 0 Å². The van der Waals surface area contributed by atoms with E-state index in [1.807, 2.05) is 12.1 Å². The van der Waals surface area contributed by atoms with Crippen LogP contribution in [0.25, 0.3) is 0 Å². The van der Waals surface area contributed by atoms with Gasteiger partial charge < -0.3 is 14.7 Å². The summed E-state index contributed by atoms with van der Waals surface area (Å²) in [5.41, 5.74) is 2.36. The van der Waals surface area contributed by atoms with Crippen LogP contribution in [0.5, 0.6) is 5.75 Å². The predicted octanol–water partition coefficient (Wildman–Crippen LogP) is 1.28. The highest BCUT2D eigenvalue weighted by Crippen LogP contribution is 2.61. The first-order valence-corrected chi connectivity index (χ1v) is 8.60. The second-order valence-corrected chi connectivity index (χ2v) is 7.60. The maximum atomic E-state index is 11.5. The lowest BCUT2D eigenvalue weighted by atomic mass is 9.53. The molecule has 5 atom stereocenters. The Balaban J connectivity index is 1.84. The monoisotopic (exact) mass is 316 g/mol. The lowest BCUT2D eigenvalue weighted by molar-refractivity contribution is -0.0454. The van der Waals surface area contributed by atoms with Gasteiger partial charge in [0.05, 0.1) is 0 Å². The van der Waals surface area contributed by atoms with E-state index in [1.165, 1.54) is 11.1 Å². The van der Waals surface area contributed by atoms with E-state index in [0.717, 1.165) is 25.1 Å². The van der Waals surface area contributed by atoms with Gasteiger partial charge in [0.15, 0.2) is 5.75 Å². The minimum absolute atomic E-state index is 0.153. The van der Waals surface area contributed by atoms with Crippen LogP contribution >= 0.6 is 0 Å². The van der Waals surface area contributed by atoms with Gasteiger partial charge in [0.1, 0.15) is 12.2 Å². The van der Waals surface area contributed by atoms with Crippen molar-refractivity contribution in [1.82, 2.24) is 4.90 Å². The Labute approximate surface area is 133 Å². The largest absolute Gasteiger partial charge is 0.509 e. The highest BCUT2D eigenvalue weighted by atomic mass is 32.1. The highest BCUT2D eigenvalue weighted by Gasteiger charge is 2.64. The molecule has 2 aliphatic carbocycles. The second kappa shape index (κ2) is 4.16. The van der Waals surface area contributed by atoms with Crippen LogP contribution in [0, 0.1) is 5.92 Å². The van der Waals surface area contributed by atoms with Crippen LogP contribution in [0.1, 0.15) is 17.5 Å². The van der Waals surface area contributed by atoms with Crippen LogP contribution in [-0.4, -0.2) is 41.8 Å². The molecule has 4 nitrogen and oxygen atoms in total. The molecular weight excluding hydrogens is 298 g/mol. The number of hydrogen-bond acceptors (Lipinski definition) is 4. The molecule has 2 heterocycles. The summed E-state index contributed by atoms with van der Waals surface area (Å²) in [5, 5.41) is 10.5. The average molecular weight is 316 g/mol. The molecule has 1 spiro atoms. The highest BCUT2D eigenvalue weighted by molar-refractivity contribution is 7.65. The molecule has 5 rings (SSSR count). The molecule has 2 aliphatic heterocycles. The molecule has 0 radical (unpaired) electrons. The van der Waals surface area contributed by atoms with E-state index in [2.05, 4.69) is 24.1 Å². The molecule has 0 unspecified atom stereocenters. The quantitative estimate of drug-likeness (QED) is 0.626.